The predicted octanol–water partition coefficient (Wildman–Crippen LogP) is 3.69. The zero-order valence-electron chi connectivity index (χ0n) is 12.0. The SMILES string of the molecule is CCCC1CN(Cc2ccccc2Cl)C(C)CCN1. The van der Waals surface area contributed by atoms with Crippen LogP contribution in [-0.2, 0) is 6.54 Å². The van der Waals surface area contributed by atoms with E-state index >= 15 is 0 Å². The van der Waals surface area contributed by atoms with Crippen molar-refractivity contribution in [3.63, 3.8) is 0 Å². The molecule has 1 aliphatic rings. The summed E-state index contributed by atoms with van der Waals surface area (Å²) in [7, 11) is 0. The summed E-state index contributed by atoms with van der Waals surface area (Å²) in [6.45, 7) is 7.80. The second-order valence-electron chi connectivity index (χ2n) is 5.60. The van der Waals surface area contributed by atoms with Crippen molar-refractivity contribution in [3.05, 3.63) is 34.9 Å². The van der Waals surface area contributed by atoms with Gasteiger partial charge in [-0.05, 0) is 37.9 Å². The van der Waals surface area contributed by atoms with Gasteiger partial charge < -0.3 is 5.32 Å². The first kappa shape index (κ1) is 14.8. The van der Waals surface area contributed by atoms with Gasteiger partial charge in [0.2, 0.25) is 0 Å². The molecule has 106 valence electrons. The predicted molar refractivity (Wildman–Crippen MR) is 82.6 cm³/mol. The number of hydrogen-bond acceptors (Lipinski definition) is 2. The lowest BCUT2D eigenvalue weighted by atomic mass is 10.1. The minimum atomic E-state index is 0.616. The summed E-state index contributed by atoms with van der Waals surface area (Å²) in [5.74, 6) is 0. The van der Waals surface area contributed by atoms with Crippen molar-refractivity contribution in [2.75, 3.05) is 13.1 Å². The standard InChI is InChI=1S/C16H25ClN2/c1-3-6-15-12-19(13(2)9-10-18-15)11-14-7-4-5-8-16(14)17/h4-5,7-8,13,15,18H,3,6,9-12H2,1-2H3. The summed E-state index contributed by atoms with van der Waals surface area (Å²) in [5.41, 5.74) is 1.24. The maximum absolute atomic E-state index is 6.29. The fourth-order valence-electron chi connectivity index (χ4n) is 2.81. The van der Waals surface area contributed by atoms with Crippen molar-refractivity contribution < 1.29 is 0 Å². The lowest BCUT2D eigenvalue weighted by Crippen LogP contribution is -2.39. The molecule has 0 aromatic heterocycles. The van der Waals surface area contributed by atoms with Crippen LogP contribution in [0.3, 0.4) is 0 Å². The Morgan fingerprint density at radius 3 is 2.89 bits per heavy atom. The van der Waals surface area contributed by atoms with Gasteiger partial charge in [0, 0.05) is 30.2 Å². The van der Waals surface area contributed by atoms with Gasteiger partial charge in [0.25, 0.3) is 0 Å². The number of nitrogens with zero attached hydrogens (tertiary/aromatic N) is 1. The van der Waals surface area contributed by atoms with E-state index in [0.717, 1.165) is 24.7 Å². The second-order valence-corrected chi connectivity index (χ2v) is 6.01. The molecule has 1 saturated heterocycles. The van der Waals surface area contributed by atoms with E-state index in [1.54, 1.807) is 0 Å². The minimum Gasteiger partial charge on any atom is -0.313 e. The maximum atomic E-state index is 6.29. The molecule has 0 aliphatic carbocycles. The zero-order chi connectivity index (χ0) is 13.7. The molecular formula is C16H25ClN2. The molecule has 0 spiro atoms. The normalized spacial score (nSPS) is 25.2. The first-order valence-electron chi connectivity index (χ1n) is 7.41. The minimum absolute atomic E-state index is 0.616. The molecule has 1 aromatic rings. The zero-order valence-corrected chi connectivity index (χ0v) is 12.8. The number of halogens is 1. The molecule has 1 fully saturated rings. The smallest absolute Gasteiger partial charge is 0.0451 e. The van der Waals surface area contributed by atoms with Crippen LogP contribution in [0, 0.1) is 0 Å². The van der Waals surface area contributed by atoms with Gasteiger partial charge in [-0.3, -0.25) is 4.90 Å². The molecule has 0 bridgehead atoms. The third-order valence-electron chi connectivity index (χ3n) is 4.04. The number of rotatable bonds is 4. The molecule has 0 radical (unpaired) electrons. The van der Waals surface area contributed by atoms with E-state index in [4.69, 9.17) is 11.6 Å². The monoisotopic (exact) mass is 280 g/mol. The van der Waals surface area contributed by atoms with Gasteiger partial charge in [-0.2, -0.15) is 0 Å². The molecule has 1 N–H and O–H groups in total. The van der Waals surface area contributed by atoms with E-state index in [1.807, 2.05) is 12.1 Å². The second kappa shape index (κ2) is 7.28. The molecule has 3 heteroatoms. The number of hydrogen-bond donors (Lipinski definition) is 1. The van der Waals surface area contributed by atoms with Gasteiger partial charge >= 0.3 is 0 Å². The van der Waals surface area contributed by atoms with E-state index in [2.05, 4.69) is 36.2 Å². The van der Waals surface area contributed by atoms with E-state index in [1.165, 1.54) is 24.8 Å². The highest BCUT2D eigenvalue weighted by Crippen LogP contribution is 2.20. The van der Waals surface area contributed by atoms with Crippen molar-refractivity contribution in [2.24, 2.45) is 0 Å². The van der Waals surface area contributed by atoms with Crippen LogP contribution in [0.4, 0.5) is 0 Å². The largest absolute Gasteiger partial charge is 0.313 e. The lowest BCUT2D eigenvalue weighted by molar-refractivity contribution is 0.193. The molecule has 0 saturated carbocycles. The van der Waals surface area contributed by atoms with Crippen molar-refractivity contribution in [3.8, 4) is 0 Å². The van der Waals surface area contributed by atoms with Crippen LogP contribution < -0.4 is 5.32 Å². The maximum Gasteiger partial charge on any atom is 0.0451 e. The van der Waals surface area contributed by atoms with Crippen LogP contribution in [0.5, 0.6) is 0 Å². The molecule has 1 aliphatic heterocycles. The summed E-state index contributed by atoms with van der Waals surface area (Å²) in [4.78, 5) is 2.57. The van der Waals surface area contributed by atoms with Gasteiger partial charge in [0.1, 0.15) is 0 Å². The van der Waals surface area contributed by atoms with Gasteiger partial charge in [-0.25, -0.2) is 0 Å². The van der Waals surface area contributed by atoms with Crippen molar-refractivity contribution in [1.29, 1.82) is 0 Å². The fourth-order valence-corrected chi connectivity index (χ4v) is 3.01. The Bertz CT molecular complexity index is 394. The van der Waals surface area contributed by atoms with Crippen LogP contribution in [0.2, 0.25) is 5.02 Å². The topological polar surface area (TPSA) is 15.3 Å². The molecule has 2 nitrogen and oxygen atoms in total. The number of nitrogens with one attached hydrogen (secondary N) is 1. The molecule has 2 atom stereocenters. The number of benzene rings is 1. The van der Waals surface area contributed by atoms with Gasteiger partial charge in [-0.15, -0.1) is 0 Å². The van der Waals surface area contributed by atoms with E-state index in [0.29, 0.717) is 12.1 Å². The average Bonchev–Trinajstić information content (AvgIpc) is 2.56. The van der Waals surface area contributed by atoms with Crippen LogP contribution in [0.15, 0.2) is 24.3 Å². The van der Waals surface area contributed by atoms with Crippen LogP contribution in [-0.4, -0.2) is 30.1 Å². The lowest BCUT2D eigenvalue weighted by Gasteiger charge is -2.29. The van der Waals surface area contributed by atoms with Crippen LogP contribution >= 0.6 is 11.6 Å². The van der Waals surface area contributed by atoms with Crippen LogP contribution in [0.25, 0.3) is 0 Å². The first-order valence-corrected chi connectivity index (χ1v) is 7.79. The third kappa shape index (κ3) is 4.20. The highest BCUT2D eigenvalue weighted by Gasteiger charge is 2.22. The Balaban J connectivity index is 2.05. The van der Waals surface area contributed by atoms with Crippen molar-refractivity contribution >= 4 is 11.6 Å². The van der Waals surface area contributed by atoms with Crippen LogP contribution in [0.1, 0.15) is 38.7 Å². The Labute approximate surface area is 122 Å². The highest BCUT2D eigenvalue weighted by molar-refractivity contribution is 6.31. The molecule has 2 unspecified atom stereocenters. The molecular weight excluding hydrogens is 256 g/mol. The summed E-state index contributed by atoms with van der Waals surface area (Å²) >= 11 is 6.29. The summed E-state index contributed by atoms with van der Waals surface area (Å²) in [5, 5.41) is 4.56. The Morgan fingerprint density at radius 2 is 2.16 bits per heavy atom. The summed E-state index contributed by atoms with van der Waals surface area (Å²) < 4.78 is 0. The highest BCUT2D eigenvalue weighted by atomic mass is 35.5. The first-order chi connectivity index (χ1) is 9.20. The third-order valence-corrected chi connectivity index (χ3v) is 4.41. The summed E-state index contributed by atoms with van der Waals surface area (Å²) in [6, 6.07) is 9.44. The molecule has 19 heavy (non-hydrogen) atoms. The van der Waals surface area contributed by atoms with Gasteiger partial charge in [-0.1, -0.05) is 43.1 Å². The Morgan fingerprint density at radius 1 is 1.37 bits per heavy atom. The molecule has 1 heterocycles. The van der Waals surface area contributed by atoms with E-state index < -0.39 is 0 Å². The molecule has 0 amide bonds. The molecule has 1 aromatic carbocycles. The Kier molecular flexibility index (Phi) is 5.68. The van der Waals surface area contributed by atoms with E-state index in [9.17, 15) is 0 Å². The Hall–Kier alpha value is -0.570. The van der Waals surface area contributed by atoms with Gasteiger partial charge in [0.05, 0.1) is 0 Å². The van der Waals surface area contributed by atoms with E-state index in [-0.39, 0.29) is 0 Å². The molecule has 2 rings (SSSR count). The fraction of sp³-hybridized carbons (Fsp3) is 0.625. The average molecular weight is 281 g/mol. The van der Waals surface area contributed by atoms with Crippen molar-refractivity contribution in [2.45, 2.75) is 51.7 Å². The quantitative estimate of drug-likeness (QED) is 0.905. The van der Waals surface area contributed by atoms with Gasteiger partial charge in [0.15, 0.2) is 0 Å². The summed E-state index contributed by atoms with van der Waals surface area (Å²) in [6.07, 6.45) is 3.71. The van der Waals surface area contributed by atoms with Crippen molar-refractivity contribution in [1.82, 2.24) is 10.2 Å².